The molecule has 0 saturated carbocycles. The van der Waals surface area contributed by atoms with Crippen molar-refractivity contribution in [3.63, 3.8) is 0 Å². The Morgan fingerprint density at radius 3 is 2.58 bits per heavy atom. The van der Waals surface area contributed by atoms with Gasteiger partial charge in [-0.25, -0.2) is 4.79 Å². The molecule has 0 radical (unpaired) electrons. The summed E-state index contributed by atoms with van der Waals surface area (Å²) in [6.45, 7) is 4.78. The minimum Gasteiger partial charge on any atom is -0.497 e. The van der Waals surface area contributed by atoms with Crippen LogP contribution in [-0.4, -0.2) is 79.3 Å². The van der Waals surface area contributed by atoms with Gasteiger partial charge in [0, 0.05) is 31.8 Å². The summed E-state index contributed by atoms with van der Waals surface area (Å²) in [5, 5.41) is 9.26. The zero-order valence-corrected chi connectivity index (χ0v) is 15.1. The summed E-state index contributed by atoms with van der Waals surface area (Å²) in [7, 11) is 1.46. The fourth-order valence-corrected chi connectivity index (χ4v) is 3.59. The Hall–Kier alpha value is -2.12. The summed E-state index contributed by atoms with van der Waals surface area (Å²) in [5.41, 5.74) is 0.385. The first-order valence-electron chi connectivity index (χ1n) is 9.12. The smallest absolute Gasteiger partial charge is 0.335 e. The van der Waals surface area contributed by atoms with Crippen LogP contribution in [0.5, 0.6) is 5.75 Å². The summed E-state index contributed by atoms with van der Waals surface area (Å²) in [6, 6.07) is 4.42. The standard InChI is InChI=1S/C19H26N2O5/c1-25-16-10-14(9-15(11-16)19(23)24)18(22)21-7-4-8-26-17(13-21)12-20-5-2-3-6-20/h9-11,17H,2-8,12-13H2,1H3,(H,23,24). The van der Waals surface area contributed by atoms with E-state index in [2.05, 4.69) is 4.90 Å². The molecule has 0 aromatic heterocycles. The lowest BCUT2D eigenvalue weighted by Crippen LogP contribution is -2.41. The predicted octanol–water partition coefficient (Wildman–Crippen LogP) is 1.72. The van der Waals surface area contributed by atoms with Crippen molar-refractivity contribution in [3.8, 4) is 5.75 Å². The molecule has 0 spiro atoms. The molecule has 1 unspecified atom stereocenters. The summed E-state index contributed by atoms with van der Waals surface area (Å²) in [5.74, 6) is -0.889. The topological polar surface area (TPSA) is 79.3 Å². The number of hydrogen-bond acceptors (Lipinski definition) is 5. The normalized spacial score (nSPS) is 21.4. The molecule has 26 heavy (non-hydrogen) atoms. The molecule has 2 aliphatic heterocycles. The molecular formula is C19H26N2O5. The van der Waals surface area contributed by atoms with E-state index in [1.54, 1.807) is 11.0 Å². The summed E-state index contributed by atoms with van der Waals surface area (Å²) < 4.78 is 11.1. The van der Waals surface area contributed by atoms with Crippen molar-refractivity contribution < 1.29 is 24.2 Å². The second-order valence-corrected chi connectivity index (χ2v) is 6.86. The molecule has 1 aromatic rings. The van der Waals surface area contributed by atoms with Crippen molar-refractivity contribution >= 4 is 11.9 Å². The van der Waals surface area contributed by atoms with Gasteiger partial charge in [0.25, 0.3) is 5.91 Å². The van der Waals surface area contributed by atoms with E-state index < -0.39 is 5.97 Å². The highest BCUT2D eigenvalue weighted by molar-refractivity contribution is 5.98. The maximum Gasteiger partial charge on any atom is 0.335 e. The Kier molecular flexibility index (Phi) is 6.11. The van der Waals surface area contributed by atoms with Crippen LogP contribution in [0.1, 0.15) is 40.0 Å². The number of carboxylic acids is 1. The maximum atomic E-state index is 13.0. The lowest BCUT2D eigenvalue weighted by Gasteiger charge is -2.27. The molecule has 1 N–H and O–H groups in total. The first-order chi connectivity index (χ1) is 12.6. The van der Waals surface area contributed by atoms with E-state index in [0.717, 1.165) is 26.1 Å². The van der Waals surface area contributed by atoms with E-state index in [1.165, 1.54) is 32.1 Å². The van der Waals surface area contributed by atoms with E-state index in [1.807, 2.05) is 0 Å². The summed E-state index contributed by atoms with van der Waals surface area (Å²) in [4.78, 5) is 28.5. The average molecular weight is 362 g/mol. The molecule has 2 heterocycles. The van der Waals surface area contributed by atoms with Crippen molar-refractivity contribution in [1.82, 2.24) is 9.80 Å². The lowest BCUT2D eigenvalue weighted by molar-refractivity contribution is 0.0297. The zero-order chi connectivity index (χ0) is 18.5. The van der Waals surface area contributed by atoms with Gasteiger partial charge >= 0.3 is 5.97 Å². The quantitative estimate of drug-likeness (QED) is 0.859. The number of carboxylic acid groups (broad SMARTS) is 1. The molecule has 2 saturated heterocycles. The Balaban J connectivity index is 1.74. The highest BCUT2D eigenvalue weighted by Gasteiger charge is 2.26. The van der Waals surface area contributed by atoms with Crippen molar-refractivity contribution in [2.75, 3.05) is 46.4 Å². The number of ether oxygens (including phenoxy) is 2. The van der Waals surface area contributed by atoms with Crippen LogP contribution < -0.4 is 4.74 Å². The van der Waals surface area contributed by atoms with Gasteiger partial charge in [-0.1, -0.05) is 0 Å². The lowest BCUT2D eigenvalue weighted by atomic mass is 10.1. The van der Waals surface area contributed by atoms with E-state index in [0.29, 0.717) is 31.0 Å². The van der Waals surface area contributed by atoms with Crippen LogP contribution in [0.25, 0.3) is 0 Å². The molecule has 0 bridgehead atoms. The second-order valence-electron chi connectivity index (χ2n) is 6.86. The maximum absolute atomic E-state index is 13.0. The predicted molar refractivity (Wildman–Crippen MR) is 95.9 cm³/mol. The number of carbonyl (C=O) groups is 2. The van der Waals surface area contributed by atoms with Crippen LogP contribution in [-0.2, 0) is 4.74 Å². The minimum atomic E-state index is -1.08. The van der Waals surface area contributed by atoms with Crippen LogP contribution in [0.3, 0.4) is 0 Å². The van der Waals surface area contributed by atoms with Gasteiger partial charge in [0.15, 0.2) is 0 Å². The number of methoxy groups -OCH3 is 1. The fourth-order valence-electron chi connectivity index (χ4n) is 3.59. The number of aromatic carboxylic acids is 1. The Bertz CT molecular complexity index is 657. The average Bonchev–Trinajstić information content (AvgIpc) is 3.04. The fraction of sp³-hybridized carbons (Fsp3) is 0.579. The minimum absolute atomic E-state index is 0.0101. The van der Waals surface area contributed by atoms with Gasteiger partial charge in [0.05, 0.1) is 18.8 Å². The highest BCUT2D eigenvalue weighted by atomic mass is 16.5. The van der Waals surface area contributed by atoms with Gasteiger partial charge in [-0.15, -0.1) is 0 Å². The third-order valence-corrected chi connectivity index (χ3v) is 4.93. The first-order valence-corrected chi connectivity index (χ1v) is 9.12. The van der Waals surface area contributed by atoms with E-state index in [9.17, 15) is 14.7 Å². The van der Waals surface area contributed by atoms with E-state index in [-0.39, 0.29) is 17.6 Å². The number of nitrogens with zero attached hydrogens (tertiary/aromatic N) is 2. The van der Waals surface area contributed by atoms with Crippen LogP contribution in [0.15, 0.2) is 18.2 Å². The second kappa shape index (κ2) is 8.51. The van der Waals surface area contributed by atoms with Gasteiger partial charge < -0.3 is 24.4 Å². The molecular weight excluding hydrogens is 336 g/mol. The van der Waals surface area contributed by atoms with Crippen LogP contribution in [0, 0.1) is 0 Å². The SMILES string of the molecule is COc1cc(C(=O)O)cc(C(=O)N2CCCOC(CN3CCCC3)C2)c1. The van der Waals surface area contributed by atoms with Gasteiger partial charge in [-0.05, 0) is 50.6 Å². The Labute approximate surface area is 153 Å². The number of hydrogen-bond donors (Lipinski definition) is 1. The molecule has 3 rings (SSSR count). The van der Waals surface area contributed by atoms with Gasteiger partial charge in [0.2, 0.25) is 0 Å². The molecule has 2 aliphatic rings. The molecule has 1 atom stereocenters. The van der Waals surface area contributed by atoms with Crippen molar-refractivity contribution in [1.29, 1.82) is 0 Å². The van der Waals surface area contributed by atoms with Gasteiger partial charge in [0.1, 0.15) is 5.75 Å². The third-order valence-electron chi connectivity index (χ3n) is 4.93. The zero-order valence-electron chi connectivity index (χ0n) is 15.1. The van der Waals surface area contributed by atoms with Crippen LogP contribution in [0.2, 0.25) is 0 Å². The molecule has 2 fully saturated rings. The monoisotopic (exact) mass is 362 g/mol. The van der Waals surface area contributed by atoms with Gasteiger partial charge in [-0.2, -0.15) is 0 Å². The molecule has 7 heteroatoms. The largest absolute Gasteiger partial charge is 0.497 e. The molecule has 1 amide bonds. The number of likely N-dealkylation sites (tertiary alicyclic amines) is 1. The summed E-state index contributed by atoms with van der Waals surface area (Å²) in [6.07, 6.45) is 3.20. The van der Waals surface area contributed by atoms with Crippen molar-refractivity contribution in [2.24, 2.45) is 0 Å². The first kappa shape index (κ1) is 18.7. The Morgan fingerprint density at radius 1 is 1.15 bits per heavy atom. The highest BCUT2D eigenvalue weighted by Crippen LogP contribution is 2.20. The number of benzene rings is 1. The van der Waals surface area contributed by atoms with E-state index >= 15 is 0 Å². The van der Waals surface area contributed by atoms with Crippen LogP contribution >= 0.6 is 0 Å². The van der Waals surface area contributed by atoms with Crippen molar-refractivity contribution in [3.05, 3.63) is 29.3 Å². The number of carbonyl (C=O) groups excluding carboxylic acids is 1. The van der Waals surface area contributed by atoms with E-state index in [4.69, 9.17) is 9.47 Å². The molecule has 0 aliphatic carbocycles. The Morgan fingerprint density at radius 2 is 1.88 bits per heavy atom. The van der Waals surface area contributed by atoms with Gasteiger partial charge in [-0.3, -0.25) is 4.79 Å². The number of rotatable bonds is 5. The summed E-state index contributed by atoms with van der Waals surface area (Å²) >= 11 is 0. The van der Waals surface area contributed by atoms with Crippen molar-refractivity contribution in [2.45, 2.75) is 25.4 Å². The molecule has 142 valence electrons. The molecule has 1 aromatic carbocycles. The third kappa shape index (κ3) is 4.53. The number of amides is 1. The van der Waals surface area contributed by atoms with Crippen LogP contribution in [0.4, 0.5) is 0 Å². The molecule has 7 nitrogen and oxygen atoms in total.